The van der Waals surface area contributed by atoms with Gasteiger partial charge < -0.3 is 10.0 Å². The molecule has 0 heterocycles. The molecule has 7 heteroatoms. The highest BCUT2D eigenvalue weighted by Gasteiger charge is 2.32. The van der Waals surface area contributed by atoms with E-state index in [1.54, 1.807) is 7.05 Å². The monoisotopic (exact) mass is 291 g/mol. The second-order valence-corrected chi connectivity index (χ2v) is 7.55. The molecule has 0 bridgehead atoms. The maximum atomic E-state index is 12.1. The Labute approximate surface area is 113 Å². The van der Waals surface area contributed by atoms with Crippen molar-refractivity contribution in [3.63, 3.8) is 0 Å². The lowest BCUT2D eigenvalue weighted by molar-refractivity contribution is -0.145. The molecule has 110 valence electrons. The Kier molecular flexibility index (Phi) is 5.34. The molecule has 19 heavy (non-hydrogen) atoms. The second kappa shape index (κ2) is 6.36. The number of carboxylic acids is 1. The molecule has 1 N–H and O–H groups in total. The van der Waals surface area contributed by atoms with Crippen molar-refractivity contribution < 1.29 is 23.1 Å². The van der Waals surface area contributed by atoms with Gasteiger partial charge in [-0.1, -0.05) is 6.42 Å². The van der Waals surface area contributed by atoms with E-state index in [1.165, 1.54) is 4.90 Å². The van der Waals surface area contributed by atoms with Crippen LogP contribution in [0.4, 0.5) is 0 Å². The summed E-state index contributed by atoms with van der Waals surface area (Å²) in [5, 5.41) is 8.98. The number of sulfone groups is 1. The van der Waals surface area contributed by atoms with Crippen LogP contribution in [0.1, 0.15) is 25.7 Å². The van der Waals surface area contributed by atoms with Crippen molar-refractivity contribution in [3.8, 4) is 0 Å². The molecule has 0 spiro atoms. The van der Waals surface area contributed by atoms with Crippen LogP contribution in [0.2, 0.25) is 0 Å². The van der Waals surface area contributed by atoms with Crippen molar-refractivity contribution in [2.75, 3.05) is 25.6 Å². The Bertz CT molecular complexity index is 445. The minimum Gasteiger partial charge on any atom is -0.481 e. The van der Waals surface area contributed by atoms with Crippen LogP contribution in [0.25, 0.3) is 0 Å². The van der Waals surface area contributed by atoms with E-state index in [4.69, 9.17) is 5.11 Å². The van der Waals surface area contributed by atoms with E-state index in [0.717, 1.165) is 12.7 Å². The number of carbonyl (C=O) groups is 2. The van der Waals surface area contributed by atoms with Crippen LogP contribution in [0.3, 0.4) is 0 Å². The standard InChI is InChI=1S/C12H21NO5S/c1-13(6-7-19(2,17)18)11(14)9-4-3-5-10(8-9)12(15)16/h9-10H,3-8H2,1-2H3,(H,15,16). The van der Waals surface area contributed by atoms with Crippen LogP contribution in [0.15, 0.2) is 0 Å². The van der Waals surface area contributed by atoms with E-state index in [9.17, 15) is 18.0 Å². The zero-order chi connectivity index (χ0) is 14.6. The zero-order valence-corrected chi connectivity index (χ0v) is 12.1. The van der Waals surface area contributed by atoms with Crippen LogP contribution >= 0.6 is 0 Å². The molecule has 1 fully saturated rings. The predicted molar refractivity (Wildman–Crippen MR) is 70.4 cm³/mol. The fourth-order valence-electron chi connectivity index (χ4n) is 2.36. The Balaban J connectivity index is 2.54. The van der Waals surface area contributed by atoms with Crippen LogP contribution in [0, 0.1) is 11.8 Å². The summed E-state index contributed by atoms with van der Waals surface area (Å²) in [4.78, 5) is 24.5. The molecule has 2 unspecified atom stereocenters. The van der Waals surface area contributed by atoms with Gasteiger partial charge in [0.1, 0.15) is 9.84 Å². The SMILES string of the molecule is CN(CCS(C)(=O)=O)C(=O)C1CCCC(C(=O)O)C1. The van der Waals surface area contributed by atoms with Gasteiger partial charge in [0.25, 0.3) is 0 Å². The maximum absolute atomic E-state index is 12.1. The lowest BCUT2D eigenvalue weighted by Crippen LogP contribution is -2.38. The molecule has 0 saturated heterocycles. The van der Waals surface area contributed by atoms with Gasteiger partial charge in [-0.15, -0.1) is 0 Å². The van der Waals surface area contributed by atoms with Crippen molar-refractivity contribution >= 4 is 21.7 Å². The summed E-state index contributed by atoms with van der Waals surface area (Å²) in [5.41, 5.74) is 0. The van der Waals surface area contributed by atoms with Crippen molar-refractivity contribution in [2.24, 2.45) is 11.8 Å². The van der Waals surface area contributed by atoms with Crippen molar-refractivity contribution in [1.82, 2.24) is 4.90 Å². The Hall–Kier alpha value is -1.11. The number of carboxylic acid groups (broad SMARTS) is 1. The summed E-state index contributed by atoms with van der Waals surface area (Å²) >= 11 is 0. The van der Waals surface area contributed by atoms with E-state index >= 15 is 0 Å². The number of aliphatic carboxylic acids is 1. The van der Waals surface area contributed by atoms with Crippen molar-refractivity contribution in [2.45, 2.75) is 25.7 Å². The molecule has 6 nitrogen and oxygen atoms in total. The molecule has 2 atom stereocenters. The fourth-order valence-corrected chi connectivity index (χ4v) is 2.97. The average molecular weight is 291 g/mol. The van der Waals surface area contributed by atoms with Gasteiger partial charge in [-0.05, 0) is 19.3 Å². The van der Waals surface area contributed by atoms with Gasteiger partial charge in [-0.25, -0.2) is 8.42 Å². The first-order valence-electron chi connectivity index (χ1n) is 6.36. The number of hydrogen-bond donors (Lipinski definition) is 1. The van der Waals surface area contributed by atoms with Gasteiger partial charge in [-0.3, -0.25) is 9.59 Å². The second-order valence-electron chi connectivity index (χ2n) is 5.29. The third-order valence-corrected chi connectivity index (χ3v) is 4.47. The molecular weight excluding hydrogens is 270 g/mol. The minimum atomic E-state index is -3.10. The van der Waals surface area contributed by atoms with Crippen LogP contribution in [-0.2, 0) is 19.4 Å². The molecule has 0 aromatic carbocycles. The van der Waals surface area contributed by atoms with Gasteiger partial charge in [-0.2, -0.15) is 0 Å². The highest BCUT2D eigenvalue weighted by molar-refractivity contribution is 7.90. The molecule has 0 radical (unpaired) electrons. The molecular formula is C12H21NO5S. The Morgan fingerprint density at radius 2 is 1.84 bits per heavy atom. The minimum absolute atomic E-state index is 0.0652. The van der Waals surface area contributed by atoms with E-state index < -0.39 is 21.7 Å². The van der Waals surface area contributed by atoms with Gasteiger partial charge in [0.15, 0.2) is 0 Å². The van der Waals surface area contributed by atoms with E-state index in [1.807, 2.05) is 0 Å². The quantitative estimate of drug-likeness (QED) is 0.790. The van der Waals surface area contributed by atoms with Gasteiger partial charge in [0.05, 0.1) is 11.7 Å². The van der Waals surface area contributed by atoms with E-state index in [0.29, 0.717) is 19.3 Å². The van der Waals surface area contributed by atoms with Gasteiger partial charge >= 0.3 is 5.97 Å². The number of hydrogen-bond acceptors (Lipinski definition) is 4. The number of carbonyl (C=O) groups excluding carboxylic acids is 1. The summed E-state index contributed by atoms with van der Waals surface area (Å²) in [6, 6.07) is 0. The predicted octanol–water partition coefficient (Wildman–Crippen LogP) is 0.380. The highest BCUT2D eigenvalue weighted by Crippen LogP contribution is 2.30. The highest BCUT2D eigenvalue weighted by atomic mass is 32.2. The Morgan fingerprint density at radius 3 is 2.37 bits per heavy atom. The summed E-state index contributed by atoms with van der Waals surface area (Å²) in [5.74, 6) is -1.80. The van der Waals surface area contributed by atoms with Crippen molar-refractivity contribution in [1.29, 1.82) is 0 Å². The number of amides is 1. The third-order valence-electron chi connectivity index (χ3n) is 3.55. The largest absolute Gasteiger partial charge is 0.481 e. The fraction of sp³-hybridized carbons (Fsp3) is 0.833. The molecule has 0 aromatic rings. The first kappa shape index (κ1) is 15.9. The molecule has 0 aromatic heterocycles. The summed E-state index contributed by atoms with van der Waals surface area (Å²) < 4.78 is 22.1. The smallest absolute Gasteiger partial charge is 0.306 e. The lowest BCUT2D eigenvalue weighted by Gasteiger charge is -2.29. The normalized spacial score (nSPS) is 23.9. The van der Waals surface area contributed by atoms with Crippen LogP contribution < -0.4 is 0 Å². The summed E-state index contributed by atoms with van der Waals surface area (Å²) in [6.07, 6.45) is 3.52. The van der Waals surface area contributed by atoms with Crippen LogP contribution in [0.5, 0.6) is 0 Å². The molecule has 0 aliphatic heterocycles. The number of nitrogens with zero attached hydrogens (tertiary/aromatic N) is 1. The van der Waals surface area contributed by atoms with Crippen molar-refractivity contribution in [3.05, 3.63) is 0 Å². The molecule has 1 saturated carbocycles. The van der Waals surface area contributed by atoms with E-state index in [-0.39, 0.29) is 24.1 Å². The first-order chi connectivity index (χ1) is 8.70. The number of rotatable bonds is 5. The lowest BCUT2D eigenvalue weighted by atomic mass is 9.81. The van der Waals surface area contributed by atoms with E-state index in [2.05, 4.69) is 0 Å². The summed E-state index contributed by atoms with van der Waals surface area (Å²) in [6.45, 7) is 0.159. The van der Waals surface area contributed by atoms with Crippen LogP contribution in [-0.4, -0.2) is 55.9 Å². The van der Waals surface area contributed by atoms with Gasteiger partial charge in [0, 0.05) is 25.8 Å². The average Bonchev–Trinajstić information content (AvgIpc) is 2.34. The zero-order valence-electron chi connectivity index (χ0n) is 11.3. The third kappa shape index (κ3) is 5.18. The first-order valence-corrected chi connectivity index (χ1v) is 8.42. The molecule has 1 aliphatic rings. The van der Waals surface area contributed by atoms with Gasteiger partial charge in [0.2, 0.25) is 5.91 Å². The molecule has 1 rings (SSSR count). The molecule has 1 aliphatic carbocycles. The maximum Gasteiger partial charge on any atom is 0.306 e. The molecule has 1 amide bonds. The topological polar surface area (TPSA) is 91.8 Å². The Morgan fingerprint density at radius 1 is 1.26 bits per heavy atom. The summed E-state index contributed by atoms with van der Waals surface area (Å²) in [7, 11) is -1.53.